The Balaban J connectivity index is 1.29. The van der Waals surface area contributed by atoms with E-state index in [2.05, 4.69) is 0 Å². The van der Waals surface area contributed by atoms with Crippen LogP contribution in [-0.2, 0) is 14.2 Å². The smallest absolute Gasteiger partial charge is 0.229 e. The Morgan fingerprint density at radius 2 is 1.39 bits per heavy atom. The topological polar surface area (TPSA) is 229 Å². The van der Waals surface area contributed by atoms with E-state index in [4.69, 9.17) is 23.4 Å². The van der Waals surface area contributed by atoms with Crippen molar-refractivity contribution in [1.82, 2.24) is 0 Å². The fourth-order valence-corrected chi connectivity index (χ4v) is 4.70. The van der Waals surface area contributed by atoms with Gasteiger partial charge >= 0.3 is 0 Å². The van der Waals surface area contributed by atoms with Gasteiger partial charge in [0.1, 0.15) is 72.2 Å². The van der Waals surface area contributed by atoms with Crippen LogP contribution in [0.2, 0.25) is 0 Å². The number of rotatable bonds is 7. The van der Waals surface area contributed by atoms with Crippen LogP contribution in [0.25, 0.3) is 22.1 Å². The van der Waals surface area contributed by atoms with Gasteiger partial charge in [-0.2, -0.15) is 0 Å². The first-order valence-electron chi connectivity index (χ1n) is 12.7. The molecule has 1 aromatic heterocycles. The quantitative estimate of drug-likeness (QED) is 0.154. The molecule has 3 aromatic rings. The van der Waals surface area contributed by atoms with Gasteiger partial charge in [-0.25, -0.2) is 0 Å². The van der Waals surface area contributed by atoms with Crippen molar-refractivity contribution < 1.29 is 64.2 Å². The van der Waals surface area contributed by atoms with Gasteiger partial charge in [-0.15, -0.1) is 0 Å². The molecule has 0 radical (unpaired) electrons. The average Bonchev–Trinajstić information content (AvgIpc) is 2.97. The Labute approximate surface area is 231 Å². The first-order chi connectivity index (χ1) is 19.6. The molecule has 5 rings (SSSR count). The molecule has 0 unspecified atom stereocenters. The zero-order chi connectivity index (χ0) is 29.4. The number of hydrogen-bond donors (Lipinski definition) is 8. The minimum atomic E-state index is -1.73. The molecular weight excluding hydrogens is 548 g/mol. The van der Waals surface area contributed by atoms with Gasteiger partial charge in [-0.1, -0.05) is 12.1 Å². The number of aromatic hydroxyl groups is 1. The van der Waals surface area contributed by atoms with E-state index in [9.17, 15) is 45.6 Å². The minimum absolute atomic E-state index is 0.0492. The molecule has 0 amide bonds. The molecule has 0 bridgehead atoms. The van der Waals surface area contributed by atoms with Crippen molar-refractivity contribution >= 4 is 11.0 Å². The molecule has 2 aliphatic heterocycles. The predicted molar refractivity (Wildman–Crippen MR) is 137 cm³/mol. The number of phenols is 1. The molecule has 41 heavy (non-hydrogen) atoms. The molecule has 2 saturated heterocycles. The van der Waals surface area contributed by atoms with Gasteiger partial charge in [0.25, 0.3) is 0 Å². The fourth-order valence-electron chi connectivity index (χ4n) is 4.70. The van der Waals surface area contributed by atoms with Gasteiger partial charge in [-0.3, -0.25) is 4.79 Å². The minimum Gasteiger partial charge on any atom is -0.508 e. The van der Waals surface area contributed by atoms with E-state index in [0.29, 0.717) is 5.56 Å². The van der Waals surface area contributed by atoms with E-state index in [1.165, 1.54) is 36.6 Å². The van der Waals surface area contributed by atoms with Crippen LogP contribution in [0.15, 0.2) is 57.9 Å². The highest BCUT2D eigenvalue weighted by atomic mass is 16.7. The molecule has 8 N–H and O–H groups in total. The van der Waals surface area contributed by atoms with Gasteiger partial charge in [0.05, 0.1) is 24.2 Å². The Kier molecular flexibility index (Phi) is 8.58. The summed E-state index contributed by atoms with van der Waals surface area (Å²) in [4.78, 5) is 13.0. The van der Waals surface area contributed by atoms with E-state index < -0.39 is 74.6 Å². The Hall–Kier alpha value is -3.15. The van der Waals surface area contributed by atoms with Crippen molar-refractivity contribution in [2.75, 3.05) is 13.2 Å². The monoisotopic (exact) mass is 578 g/mol. The molecule has 2 aliphatic rings. The van der Waals surface area contributed by atoms with Crippen LogP contribution < -0.4 is 10.2 Å². The van der Waals surface area contributed by atoms with Crippen LogP contribution in [0, 0.1) is 0 Å². The molecule has 222 valence electrons. The lowest BCUT2D eigenvalue weighted by molar-refractivity contribution is -0.323. The maximum absolute atomic E-state index is 13.0. The second-order valence-corrected chi connectivity index (χ2v) is 9.85. The third-order valence-corrected chi connectivity index (χ3v) is 7.12. The highest BCUT2D eigenvalue weighted by Crippen LogP contribution is 2.29. The lowest BCUT2D eigenvalue weighted by atomic mass is 9.98. The molecule has 0 saturated carbocycles. The predicted octanol–water partition coefficient (Wildman–Crippen LogP) is -1.83. The SMILES string of the molecule is O=c1c(-c2ccc(O)cc2)coc2cc(O[C@@H]3O[C@H](CO[C@H]4O[C@H](CO)[C@@H](O)[C@H](O)[C@H]4O)[C@@H](O)[C@H](O)[C@H]3O)ccc12. The highest BCUT2D eigenvalue weighted by molar-refractivity contribution is 5.82. The van der Waals surface area contributed by atoms with E-state index in [0.717, 1.165) is 0 Å². The highest BCUT2D eigenvalue weighted by Gasteiger charge is 2.47. The molecule has 0 aliphatic carbocycles. The van der Waals surface area contributed by atoms with Crippen LogP contribution in [0.4, 0.5) is 0 Å². The summed E-state index contributed by atoms with van der Waals surface area (Å²) in [5.74, 6) is 0.146. The van der Waals surface area contributed by atoms with Gasteiger partial charge in [0, 0.05) is 6.07 Å². The standard InChI is InChI=1S/C27H30O14/c28-8-17-20(31)22(33)24(35)26(40-17)38-10-18-21(32)23(34)25(36)27(41-18)39-13-5-6-14-16(7-13)37-9-15(19(14)30)11-1-3-12(29)4-2-11/h1-7,9,17-18,20-29,31-36H,8,10H2/t17-,18-,20-,21-,22+,23+,24-,25-,26+,27-/m1/s1. The number of phenolic OH excluding ortho intramolecular Hbond substituents is 1. The van der Waals surface area contributed by atoms with Crippen molar-refractivity contribution in [3.8, 4) is 22.6 Å². The van der Waals surface area contributed by atoms with Gasteiger partial charge in [0.2, 0.25) is 6.29 Å². The van der Waals surface area contributed by atoms with Crippen LogP contribution >= 0.6 is 0 Å². The van der Waals surface area contributed by atoms with Crippen molar-refractivity contribution in [3.63, 3.8) is 0 Å². The number of benzene rings is 2. The number of aliphatic hydroxyl groups is 7. The zero-order valence-electron chi connectivity index (χ0n) is 21.3. The van der Waals surface area contributed by atoms with Gasteiger partial charge in [0.15, 0.2) is 11.7 Å². The molecule has 14 nitrogen and oxygen atoms in total. The lowest BCUT2D eigenvalue weighted by Crippen LogP contribution is -2.62. The van der Waals surface area contributed by atoms with Crippen molar-refractivity contribution in [3.05, 3.63) is 59.0 Å². The molecular formula is C27H30O14. The second-order valence-electron chi connectivity index (χ2n) is 9.85. The number of ether oxygens (including phenoxy) is 4. The van der Waals surface area contributed by atoms with Crippen LogP contribution in [-0.4, -0.2) is 115 Å². The normalized spacial score (nSPS) is 34.0. The summed E-state index contributed by atoms with van der Waals surface area (Å²) >= 11 is 0. The van der Waals surface area contributed by atoms with E-state index >= 15 is 0 Å². The van der Waals surface area contributed by atoms with Crippen LogP contribution in [0.5, 0.6) is 11.5 Å². The Morgan fingerprint density at radius 1 is 0.756 bits per heavy atom. The summed E-state index contributed by atoms with van der Waals surface area (Å²) in [6.07, 6.45) is -14.3. The second kappa shape index (κ2) is 12.0. The van der Waals surface area contributed by atoms with Crippen LogP contribution in [0.3, 0.4) is 0 Å². The molecule has 3 heterocycles. The summed E-state index contributed by atoms with van der Waals surface area (Å²) < 4.78 is 27.6. The number of aliphatic hydroxyl groups excluding tert-OH is 7. The first-order valence-corrected chi connectivity index (χ1v) is 12.7. The van der Waals surface area contributed by atoms with Crippen molar-refractivity contribution in [2.45, 2.75) is 61.4 Å². The Morgan fingerprint density at radius 3 is 2.07 bits per heavy atom. The van der Waals surface area contributed by atoms with Crippen LogP contribution in [0.1, 0.15) is 0 Å². The van der Waals surface area contributed by atoms with E-state index in [1.807, 2.05) is 0 Å². The lowest BCUT2D eigenvalue weighted by Gasteiger charge is -2.42. The average molecular weight is 579 g/mol. The van der Waals surface area contributed by atoms with Gasteiger partial charge < -0.3 is 64.2 Å². The molecule has 0 spiro atoms. The summed E-state index contributed by atoms with van der Waals surface area (Å²) in [6, 6.07) is 10.3. The maximum Gasteiger partial charge on any atom is 0.229 e. The van der Waals surface area contributed by atoms with Gasteiger partial charge in [-0.05, 0) is 29.8 Å². The summed E-state index contributed by atoms with van der Waals surface area (Å²) in [6.45, 7) is -1.18. The maximum atomic E-state index is 13.0. The van der Waals surface area contributed by atoms with E-state index in [1.54, 1.807) is 12.1 Å². The summed E-state index contributed by atoms with van der Waals surface area (Å²) in [5, 5.41) is 80.3. The molecule has 2 fully saturated rings. The first kappa shape index (κ1) is 29.3. The van der Waals surface area contributed by atoms with Crippen molar-refractivity contribution in [1.29, 1.82) is 0 Å². The summed E-state index contributed by atoms with van der Waals surface area (Å²) in [5.41, 5.74) is 0.642. The van der Waals surface area contributed by atoms with E-state index in [-0.39, 0.29) is 33.5 Å². The fraction of sp³-hybridized carbons (Fsp3) is 0.444. The van der Waals surface area contributed by atoms with Crippen molar-refractivity contribution in [2.24, 2.45) is 0 Å². The Bertz CT molecular complexity index is 1390. The third kappa shape index (κ3) is 5.80. The number of hydrogen-bond acceptors (Lipinski definition) is 14. The molecule has 10 atom stereocenters. The largest absolute Gasteiger partial charge is 0.508 e. The molecule has 2 aromatic carbocycles. The number of fused-ring (bicyclic) bond motifs is 1. The zero-order valence-corrected chi connectivity index (χ0v) is 21.3. The summed E-state index contributed by atoms with van der Waals surface area (Å²) in [7, 11) is 0. The molecule has 14 heteroatoms. The third-order valence-electron chi connectivity index (χ3n) is 7.12.